The van der Waals surface area contributed by atoms with Gasteiger partial charge in [-0.25, -0.2) is 0 Å². The summed E-state index contributed by atoms with van der Waals surface area (Å²) in [6, 6.07) is 8.84. The predicted molar refractivity (Wildman–Crippen MR) is 69.1 cm³/mol. The molecule has 0 spiro atoms. The van der Waals surface area contributed by atoms with Gasteiger partial charge in [0.25, 0.3) is 0 Å². The van der Waals surface area contributed by atoms with E-state index in [9.17, 15) is 0 Å². The van der Waals surface area contributed by atoms with E-state index in [0.717, 1.165) is 13.0 Å². The van der Waals surface area contributed by atoms with Gasteiger partial charge in [0, 0.05) is 10.5 Å². The molecule has 0 bridgehead atoms. The van der Waals surface area contributed by atoms with Crippen LogP contribution in [0, 0.1) is 0 Å². The number of nitrogens with one attached hydrogen (secondary N) is 2. The highest BCUT2D eigenvalue weighted by molar-refractivity contribution is 9.10. The first-order valence-corrected chi connectivity index (χ1v) is 6.15. The largest absolute Gasteiger partial charge is 0.320 e. The van der Waals surface area contributed by atoms with Gasteiger partial charge >= 0.3 is 0 Å². The van der Waals surface area contributed by atoms with E-state index in [1.807, 2.05) is 20.2 Å². The maximum atomic E-state index is 3.59. The van der Waals surface area contributed by atoms with Crippen LogP contribution in [0.5, 0.6) is 0 Å². The Balaban J connectivity index is 2.61. The van der Waals surface area contributed by atoms with E-state index in [1.165, 1.54) is 16.5 Å². The normalized spacial score (nSPS) is 12.7. The zero-order valence-corrected chi connectivity index (χ0v) is 11.0. The van der Waals surface area contributed by atoms with E-state index in [0.29, 0.717) is 6.04 Å². The van der Waals surface area contributed by atoms with Crippen LogP contribution in [0.4, 0.5) is 0 Å². The van der Waals surface area contributed by atoms with Crippen molar-refractivity contribution in [3.05, 3.63) is 34.3 Å². The van der Waals surface area contributed by atoms with Gasteiger partial charge in [-0.2, -0.15) is 0 Å². The van der Waals surface area contributed by atoms with Crippen molar-refractivity contribution < 1.29 is 0 Å². The van der Waals surface area contributed by atoms with Crippen LogP contribution in [-0.4, -0.2) is 20.6 Å². The van der Waals surface area contributed by atoms with Crippen molar-refractivity contribution in [2.75, 3.05) is 20.6 Å². The van der Waals surface area contributed by atoms with E-state index in [4.69, 9.17) is 0 Å². The van der Waals surface area contributed by atoms with Crippen molar-refractivity contribution in [3.8, 4) is 0 Å². The van der Waals surface area contributed by atoms with Crippen molar-refractivity contribution >= 4 is 15.9 Å². The molecule has 0 fully saturated rings. The molecular weight excluding hydrogens is 252 g/mol. The number of rotatable bonds is 6. The van der Waals surface area contributed by atoms with Crippen molar-refractivity contribution in [2.24, 2.45) is 0 Å². The van der Waals surface area contributed by atoms with Gasteiger partial charge in [-0.1, -0.05) is 34.1 Å². The van der Waals surface area contributed by atoms with Crippen molar-refractivity contribution in [3.63, 3.8) is 0 Å². The summed E-state index contributed by atoms with van der Waals surface area (Å²) in [7, 11) is 4.01. The Morgan fingerprint density at radius 2 is 2.00 bits per heavy atom. The first kappa shape index (κ1) is 12.7. The highest BCUT2D eigenvalue weighted by Gasteiger charge is 2.10. The fourth-order valence-electron chi connectivity index (χ4n) is 1.70. The lowest BCUT2D eigenvalue weighted by Crippen LogP contribution is -2.18. The lowest BCUT2D eigenvalue weighted by atomic mass is 10.0. The Hall–Kier alpha value is -0.380. The molecule has 0 saturated carbocycles. The lowest BCUT2D eigenvalue weighted by Gasteiger charge is -2.17. The van der Waals surface area contributed by atoms with E-state index in [-0.39, 0.29) is 0 Å². The van der Waals surface area contributed by atoms with Gasteiger partial charge in [0.15, 0.2) is 0 Å². The van der Waals surface area contributed by atoms with E-state index in [2.05, 4.69) is 44.8 Å². The Morgan fingerprint density at radius 1 is 1.27 bits per heavy atom. The minimum absolute atomic E-state index is 0.439. The van der Waals surface area contributed by atoms with Crippen LogP contribution in [0.3, 0.4) is 0 Å². The summed E-state index contributed by atoms with van der Waals surface area (Å²) in [5.41, 5.74) is 1.34. The molecule has 1 rings (SSSR count). The fraction of sp³-hybridized carbons (Fsp3) is 0.500. The molecule has 2 N–H and O–H groups in total. The maximum Gasteiger partial charge on any atom is 0.0329 e. The summed E-state index contributed by atoms with van der Waals surface area (Å²) in [6.45, 7) is 1.07. The van der Waals surface area contributed by atoms with Crippen LogP contribution in [0.25, 0.3) is 0 Å². The third-order valence-electron chi connectivity index (χ3n) is 2.55. The van der Waals surface area contributed by atoms with Gasteiger partial charge in [0.05, 0.1) is 0 Å². The molecule has 2 nitrogen and oxygen atoms in total. The van der Waals surface area contributed by atoms with Crippen LogP contribution in [-0.2, 0) is 0 Å². The molecule has 15 heavy (non-hydrogen) atoms. The quantitative estimate of drug-likeness (QED) is 0.777. The molecular formula is C12H19BrN2. The topological polar surface area (TPSA) is 24.1 Å². The zero-order valence-electron chi connectivity index (χ0n) is 9.39. The summed E-state index contributed by atoms with van der Waals surface area (Å²) in [6.07, 6.45) is 2.34. The lowest BCUT2D eigenvalue weighted by molar-refractivity contribution is 0.517. The van der Waals surface area contributed by atoms with Crippen LogP contribution in [0.1, 0.15) is 24.4 Å². The first-order chi connectivity index (χ1) is 7.29. The van der Waals surface area contributed by atoms with Crippen LogP contribution < -0.4 is 10.6 Å². The molecule has 1 aromatic carbocycles. The molecule has 0 heterocycles. The van der Waals surface area contributed by atoms with Crippen LogP contribution in [0.2, 0.25) is 0 Å². The SMILES string of the molecule is CNCCCC(NC)c1ccccc1Br. The monoisotopic (exact) mass is 270 g/mol. The van der Waals surface area contributed by atoms with Gasteiger partial charge in [-0.15, -0.1) is 0 Å². The molecule has 1 unspecified atom stereocenters. The summed E-state index contributed by atoms with van der Waals surface area (Å²) in [5, 5.41) is 6.53. The second-order valence-electron chi connectivity index (χ2n) is 3.61. The Kier molecular flexibility index (Phi) is 5.91. The standard InChI is InChI=1S/C12H19BrN2/c1-14-9-5-8-12(15-2)10-6-3-4-7-11(10)13/h3-4,6-7,12,14-15H,5,8-9H2,1-2H3. The molecule has 1 aromatic rings. The number of halogens is 1. The summed E-state index contributed by atoms with van der Waals surface area (Å²) < 4.78 is 1.19. The Labute approximate surface area is 101 Å². The summed E-state index contributed by atoms with van der Waals surface area (Å²) >= 11 is 3.59. The van der Waals surface area contributed by atoms with Crippen LogP contribution in [0.15, 0.2) is 28.7 Å². The highest BCUT2D eigenvalue weighted by Crippen LogP contribution is 2.25. The minimum atomic E-state index is 0.439. The summed E-state index contributed by atoms with van der Waals surface area (Å²) in [4.78, 5) is 0. The van der Waals surface area contributed by atoms with E-state index < -0.39 is 0 Å². The maximum absolute atomic E-state index is 3.59. The number of hydrogen-bond acceptors (Lipinski definition) is 2. The molecule has 0 aliphatic heterocycles. The smallest absolute Gasteiger partial charge is 0.0329 e. The van der Waals surface area contributed by atoms with Crippen LogP contribution >= 0.6 is 15.9 Å². The van der Waals surface area contributed by atoms with Gasteiger partial charge in [0.2, 0.25) is 0 Å². The Bertz CT molecular complexity index is 289. The van der Waals surface area contributed by atoms with E-state index in [1.54, 1.807) is 0 Å². The average Bonchev–Trinajstić information content (AvgIpc) is 2.26. The molecule has 0 saturated heterocycles. The number of hydrogen-bond donors (Lipinski definition) is 2. The van der Waals surface area contributed by atoms with Gasteiger partial charge in [-0.3, -0.25) is 0 Å². The molecule has 3 heteroatoms. The number of benzene rings is 1. The molecule has 0 amide bonds. The average molecular weight is 271 g/mol. The third-order valence-corrected chi connectivity index (χ3v) is 3.27. The molecule has 0 aliphatic carbocycles. The zero-order chi connectivity index (χ0) is 11.1. The van der Waals surface area contributed by atoms with Crippen molar-refractivity contribution in [1.82, 2.24) is 10.6 Å². The van der Waals surface area contributed by atoms with Gasteiger partial charge in [0.1, 0.15) is 0 Å². The predicted octanol–water partition coefficient (Wildman–Crippen LogP) is 2.71. The molecule has 0 aromatic heterocycles. The molecule has 84 valence electrons. The minimum Gasteiger partial charge on any atom is -0.320 e. The second-order valence-corrected chi connectivity index (χ2v) is 4.46. The van der Waals surface area contributed by atoms with Gasteiger partial charge < -0.3 is 10.6 Å². The van der Waals surface area contributed by atoms with Crippen molar-refractivity contribution in [2.45, 2.75) is 18.9 Å². The highest BCUT2D eigenvalue weighted by atomic mass is 79.9. The fourth-order valence-corrected chi connectivity index (χ4v) is 2.26. The first-order valence-electron chi connectivity index (χ1n) is 5.36. The third kappa shape index (κ3) is 3.93. The van der Waals surface area contributed by atoms with E-state index >= 15 is 0 Å². The Morgan fingerprint density at radius 3 is 2.60 bits per heavy atom. The molecule has 0 radical (unpaired) electrons. The molecule has 0 aliphatic rings. The van der Waals surface area contributed by atoms with Gasteiger partial charge in [-0.05, 0) is 45.1 Å². The second kappa shape index (κ2) is 6.99. The van der Waals surface area contributed by atoms with Crippen molar-refractivity contribution in [1.29, 1.82) is 0 Å². The molecule has 1 atom stereocenters. The summed E-state index contributed by atoms with van der Waals surface area (Å²) in [5.74, 6) is 0.